The molecule has 0 N–H and O–H groups in total. The van der Waals surface area contributed by atoms with Crippen molar-refractivity contribution in [2.24, 2.45) is 17.8 Å². The molecule has 0 radical (unpaired) electrons. The predicted octanol–water partition coefficient (Wildman–Crippen LogP) is 2.26. The second-order valence-electron chi connectivity index (χ2n) is 3.63. The zero-order valence-corrected chi connectivity index (χ0v) is 7.05. The van der Waals surface area contributed by atoms with Gasteiger partial charge in [0.1, 0.15) is 5.78 Å². The van der Waals surface area contributed by atoms with Gasteiger partial charge in [0.15, 0.2) is 0 Å². The summed E-state index contributed by atoms with van der Waals surface area (Å²) < 4.78 is 0. The molecule has 3 atom stereocenters. The Hall–Kier alpha value is -0.330. The summed E-state index contributed by atoms with van der Waals surface area (Å²) in [5.41, 5.74) is 0. The van der Waals surface area contributed by atoms with E-state index in [1.807, 2.05) is 0 Å². The third kappa shape index (κ3) is 1.23. The quantitative estimate of drug-likeness (QED) is 0.546. The van der Waals surface area contributed by atoms with Crippen molar-refractivity contribution in [2.75, 3.05) is 0 Å². The van der Waals surface area contributed by atoms with Crippen LogP contribution in [0.5, 0.6) is 0 Å². The average molecular weight is 140 g/mol. The normalized spacial score (nSPS) is 40.1. The van der Waals surface area contributed by atoms with Gasteiger partial charge in [-0.2, -0.15) is 0 Å². The Labute approximate surface area is 62.8 Å². The van der Waals surface area contributed by atoms with Gasteiger partial charge in [0.2, 0.25) is 0 Å². The molecule has 1 rings (SSSR count). The van der Waals surface area contributed by atoms with Gasteiger partial charge < -0.3 is 0 Å². The SMILES string of the molecule is CC(=O)C1CCC(C)C1C. The van der Waals surface area contributed by atoms with E-state index in [-0.39, 0.29) is 0 Å². The highest BCUT2D eigenvalue weighted by atomic mass is 16.1. The topological polar surface area (TPSA) is 17.1 Å². The standard InChI is InChI=1S/C9H16O/c1-6-4-5-9(7(6)2)8(3)10/h6-7,9H,4-5H2,1-3H3. The largest absolute Gasteiger partial charge is 0.300 e. The highest BCUT2D eigenvalue weighted by molar-refractivity contribution is 5.78. The zero-order valence-electron chi connectivity index (χ0n) is 7.05. The number of hydrogen-bond acceptors (Lipinski definition) is 1. The van der Waals surface area contributed by atoms with Crippen LogP contribution in [0.25, 0.3) is 0 Å². The third-order valence-corrected chi connectivity index (χ3v) is 2.99. The molecular weight excluding hydrogens is 124 g/mol. The Morgan fingerprint density at radius 2 is 1.90 bits per heavy atom. The van der Waals surface area contributed by atoms with Crippen molar-refractivity contribution < 1.29 is 4.79 Å². The fraction of sp³-hybridized carbons (Fsp3) is 0.889. The number of carbonyl (C=O) groups is 1. The number of hydrogen-bond donors (Lipinski definition) is 0. The van der Waals surface area contributed by atoms with Gasteiger partial charge >= 0.3 is 0 Å². The first kappa shape index (κ1) is 7.77. The molecular formula is C9H16O. The molecule has 0 aromatic heterocycles. The molecule has 58 valence electrons. The summed E-state index contributed by atoms with van der Waals surface area (Å²) in [5.74, 6) is 2.14. The number of ketones is 1. The first-order valence-electron chi connectivity index (χ1n) is 4.13. The summed E-state index contributed by atoms with van der Waals surface area (Å²) in [6, 6.07) is 0. The lowest BCUT2D eigenvalue weighted by Crippen LogP contribution is -2.15. The van der Waals surface area contributed by atoms with Crippen molar-refractivity contribution in [1.82, 2.24) is 0 Å². The minimum absolute atomic E-state index is 0.370. The van der Waals surface area contributed by atoms with Gasteiger partial charge in [0.25, 0.3) is 0 Å². The summed E-state index contributed by atoms with van der Waals surface area (Å²) in [7, 11) is 0. The van der Waals surface area contributed by atoms with E-state index in [0.29, 0.717) is 17.6 Å². The lowest BCUT2D eigenvalue weighted by molar-refractivity contribution is -0.121. The summed E-state index contributed by atoms with van der Waals surface area (Å²) >= 11 is 0. The monoisotopic (exact) mass is 140 g/mol. The van der Waals surface area contributed by atoms with Gasteiger partial charge in [-0.1, -0.05) is 13.8 Å². The molecule has 1 fully saturated rings. The minimum Gasteiger partial charge on any atom is -0.300 e. The fourth-order valence-corrected chi connectivity index (χ4v) is 1.94. The molecule has 1 nitrogen and oxygen atoms in total. The molecule has 0 spiro atoms. The Bertz CT molecular complexity index is 140. The van der Waals surface area contributed by atoms with Crippen molar-refractivity contribution in [3.05, 3.63) is 0 Å². The van der Waals surface area contributed by atoms with Crippen LogP contribution >= 0.6 is 0 Å². The van der Waals surface area contributed by atoms with Crippen LogP contribution in [-0.2, 0) is 4.79 Å². The maximum Gasteiger partial charge on any atom is 0.133 e. The Morgan fingerprint density at radius 3 is 2.10 bits per heavy atom. The third-order valence-electron chi connectivity index (χ3n) is 2.99. The lowest BCUT2D eigenvalue weighted by Gasteiger charge is -2.14. The van der Waals surface area contributed by atoms with Crippen molar-refractivity contribution in [3.8, 4) is 0 Å². The van der Waals surface area contributed by atoms with Gasteiger partial charge in [0, 0.05) is 5.92 Å². The molecule has 0 bridgehead atoms. The Kier molecular flexibility index (Phi) is 2.12. The summed E-state index contributed by atoms with van der Waals surface area (Å²) in [6.07, 6.45) is 2.36. The molecule has 0 aromatic carbocycles. The first-order chi connectivity index (χ1) is 4.63. The molecule has 10 heavy (non-hydrogen) atoms. The van der Waals surface area contributed by atoms with Crippen LogP contribution in [0.2, 0.25) is 0 Å². The van der Waals surface area contributed by atoms with Crippen LogP contribution in [0.3, 0.4) is 0 Å². The van der Waals surface area contributed by atoms with Crippen LogP contribution < -0.4 is 0 Å². The van der Waals surface area contributed by atoms with E-state index in [2.05, 4.69) is 13.8 Å². The molecule has 0 saturated heterocycles. The van der Waals surface area contributed by atoms with Crippen LogP contribution in [0, 0.1) is 17.8 Å². The fourth-order valence-electron chi connectivity index (χ4n) is 1.94. The highest BCUT2D eigenvalue weighted by Crippen LogP contribution is 2.36. The molecule has 1 heteroatoms. The van der Waals surface area contributed by atoms with Crippen LogP contribution in [0.1, 0.15) is 33.6 Å². The van der Waals surface area contributed by atoms with Crippen LogP contribution in [0.15, 0.2) is 0 Å². The van der Waals surface area contributed by atoms with E-state index < -0.39 is 0 Å². The van der Waals surface area contributed by atoms with Gasteiger partial charge in [-0.05, 0) is 31.6 Å². The highest BCUT2D eigenvalue weighted by Gasteiger charge is 2.32. The summed E-state index contributed by atoms with van der Waals surface area (Å²) in [5, 5.41) is 0. The summed E-state index contributed by atoms with van der Waals surface area (Å²) in [6.45, 7) is 6.16. The van der Waals surface area contributed by atoms with Gasteiger partial charge in [0.05, 0.1) is 0 Å². The van der Waals surface area contributed by atoms with Crippen molar-refractivity contribution >= 4 is 5.78 Å². The molecule has 0 aromatic rings. The molecule has 0 aliphatic heterocycles. The number of rotatable bonds is 1. The minimum atomic E-state index is 0.370. The average Bonchev–Trinajstić information content (AvgIpc) is 2.14. The van der Waals surface area contributed by atoms with Crippen LogP contribution in [0.4, 0.5) is 0 Å². The van der Waals surface area contributed by atoms with Gasteiger partial charge in [-0.25, -0.2) is 0 Å². The summed E-state index contributed by atoms with van der Waals surface area (Å²) in [4.78, 5) is 11.0. The van der Waals surface area contributed by atoms with Gasteiger partial charge in [-0.15, -0.1) is 0 Å². The molecule has 1 saturated carbocycles. The first-order valence-corrected chi connectivity index (χ1v) is 4.13. The Morgan fingerprint density at radius 1 is 1.30 bits per heavy atom. The molecule has 1 aliphatic rings. The second kappa shape index (κ2) is 2.73. The van der Waals surface area contributed by atoms with E-state index in [9.17, 15) is 4.79 Å². The maximum absolute atomic E-state index is 11.0. The number of Topliss-reactive ketones (excluding diaryl/α,β-unsaturated/α-hetero) is 1. The van der Waals surface area contributed by atoms with Crippen molar-refractivity contribution in [1.29, 1.82) is 0 Å². The molecule has 0 heterocycles. The second-order valence-corrected chi connectivity index (χ2v) is 3.63. The van der Waals surface area contributed by atoms with Gasteiger partial charge in [-0.3, -0.25) is 4.79 Å². The van der Waals surface area contributed by atoms with Crippen molar-refractivity contribution in [2.45, 2.75) is 33.6 Å². The van der Waals surface area contributed by atoms with Crippen molar-refractivity contribution in [3.63, 3.8) is 0 Å². The van der Waals surface area contributed by atoms with E-state index in [1.165, 1.54) is 6.42 Å². The maximum atomic E-state index is 11.0. The zero-order chi connectivity index (χ0) is 7.72. The van der Waals surface area contributed by atoms with E-state index in [0.717, 1.165) is 12.3 Å². The molecule has 0 amide bonds. The number of carbonyl (C=O) groups excluding carboxylic acids is 1. The Balaban J connectivity index is 2.57. The van der Waals surface area contributed by atoms with E-state index >= 15 is 0 Å². The van der Waals surface area contributed by atoms with E-state index in [4.69, 9.17) is 0 Å². The smallest absolute Gasteiger partial charge is 0.133 e. The molecule has 1 aliphatic carbocycles. The molecule has 3 unspecified atom stereocenters. The van der Waals surface area contributed by atoms with Crippen LogP contribution in [-0.4, -0.2) is 5.78 Å². The predicted molar refractivity (Wildman–Crippen MR) is 41.7 cm³/mol. The van der Waals surface area contributed by atoms with E-state index in [1.54, 1.807) is 6.92 Å². The lowest BCUT2D eigenvalue weighted by atomic mass is 9.90.